The molecule has 0 bridgehead atoms. The summed E-state index contributed by atoms with van der Waals surface area (Å²) in [4.78, 5) is 111. The molecule has 0 unspecified atom stereocenters. The van der Waals surface area contributed by atoms with Crippen LogP contribution in [-0.2, 0) is 24.0 Å². The number of hydrogen-bond donors (Lipinski definition) is 0. The molecular formula is C14H18N8O10. The van der Waals surface area contributed by atoms with Crippen LogP contribution in [0.4, 0.5) is 0 Å². The van der Waals surface area contributed by atoms with Crippen LogP contribution in [0.3, 0.4) is 0 Å². The molecule has 0 N–H and O–H groups in total. The molecule has 174 valence electrons. The Hall–Kier alpha value is -3.77. The van der Waals surface area contributed by atoms with E-state index in [1.807, 2.05) is 0 Å². The zero-order chi connectivity index (χ0) is 24.5. The van der Waals surface area contributed by atoms with E-state index in [0.717, 1.165) is 9.80 Å². The van der Waals surface area contributed by atoms with Gasteiger partial charge in [0.2, 0.25) is 0 Å². The first-order valence-electron chi connectivity index (χ1n) is 8.67. The van der Waals surface area contributed by atoms with Crippen LogP contribution in [0.5, 0.6) is 0 Å². The first-order valence-corrected chi connectivity index (χ1v) is 8.67. The molecule has 0 radical (unpaired) electrons. The maximum Gasteiger partial charge on any atom is 0.300 e. The van der Waals surface area contributed by atoms with Crippen molar-refractivity contribution in [3.05, 3.63) is 24.5 Å². The van der Waals surface area contributed by atoms with Crippen LogP contribution in [0.25, 0.3) is 0 Å². The Morgan fingerprint density at radius 2 is 0.562 bits per heavy atom. The Morgan fingerprint density at radius 3 is 0.781 bits per heavy atom. The second-order valence-corrected chi connectivity index (χ2v) is 6.12. The topological polar surface area (TPSA) is 242 Å². The number of nitroso groups, excluding NO2 is 5. The van der Waals surface area contributed by atoms with E-state index in [1.54, 1.807) is 0 Å². The van der Waals surface area contributed by atoms with Gasteiger partial charge in [-0.25, -0.2) is 0 Å². The number of rotatable bonds is 16. The third-order valence-corrected chi connectivity index (χ3v) is 3.77. The van der Waals surface area contributed by atoms with E-state index in [-0.39, 0.29) is 26.2 Å². The standard InChI is InChI=1S/C14H18N8O10/c23-10(15-28)5-20(1-3-21(6-11(24)16-29)7-12(25)17-30)2-4-22(8-13(26)18-31)9-14(27)19-32/h1-9H2. The predicted octanol–water partition coefficient (Wildman–Crippen LogP) is -1.64. The molecule has 0 aromatic carbocycles. The lowest BCUT2D eigenvalue weighted by Crippen LogP contribution is -2.45. The first kappa shape index (κ1) is 28.2. The molecule has 0 atom stereocenters. The highest BCUT2D eigenvalue weighted by Gasteiger charge is 2.21. The molecule has 0 aliphatic heterocycles. The van der Waals surface area contributed by atoms with E-state index in [4.69, 9.17) is 0 Å². The van der Waals surface area contributed by atoms with E-state index >= 15 is 0 Å². The van der Waals surface area contributed by atoms with Crippen LogP contribution in [0.1, 0.15) is 0 Å². The molecule has 0 saturated carbocycles. The van der Waals surface area contributed by atoms with E-state index in [9.17, 15) is 48.5 Å². The van der Waals surface area contributed by atoms with Crippen LogP contribution in [0.2, 0.25) is 0 Å². The minimum absolute atomic E-state index is 0.132. The van der Waals surface area contributed by atoms with Gasteiger partial charge >= 0.3 is 0 Å². The van der Waals surface area contributed by atoms with Gasteiger partial charge in [0.1, 0.15) is 0 Å². The molecule has 0 spiro atoms. The summed E-state index contributed by atoms with van der Waals surface area (Å²) in [6.07, 6.45) is 0. The fraction of sp³-hybridized carbons (Fsp3) is 0.643. The highest BCUT2D eigenvalue weighted by Crippen LogP contribution is 1.99. The van der Waals surface area contributed by atoms with Gasteiger partial charge in [-0.15, -0.1) is 24.5 Å². The molecular weight excluding hydrogens is 440 g/mol. The van der Waals surface area contributed by atoms with Crippen LogP contribution in [0, 0.1) is 24.5 Å². The maximum absolute atomic E-state index is 11.4. The number of hydrogen-bond acceptors (Lipinski definition) is 13. The summed E-state index contributed by atoms with van der Waals surface area (Å²) in [5.41, 5.74) is 0. The summed E-state index contributed by atoms with van der Waals surface area (Å²) in [5, 5.41) is 10.9. The van der Waals surface area contributed by atoms with Crippen molar-refractivity contribution in [2.45, 2.75) is 0 Å². The van der Waals surface area contributed by atoms with Gasteiger partial charge in [0.25, 0.3) is 29.5 Å². The Kier molecular flexibility index (Phi) is 14.1. The van der Waals surface area contributed by atoms with Crippen LogP contribution < -0.4 is 0 Å². The molecule has 5 amide bonds. The minimum Gasteiger partial charge on any atom is -0.292 e. The highest BCUT2D eigenvalue weighted by molar-refractivity contribution is 5.82. The molecule has 0 heterocycles. The van der Waals surface area contributed by atoms with Crippen molar-refractivity contribution in [1.82, 2.24) is 14.7 Å². The molecule has 0 saturated heterocycles. The Bertz CT molecular complexity index is 677. The van der Waals surface area contributed by atoms with Crippen molar-refractivity contribution in [3.63, 3.8) is 0 Å². The van der Waals surface area contributed by atoms with Gasteiger partial charge in [-0.05, 0) is 0 Å². The lowest BCUT2D eigenvalue weighted by molar-refractivity contribution is -0.123. The Morgan fingerprint density at radius 1 is 0.375 bits per heavy atom. The Balaban J connectivity index is 5.27. The van der Waals surface area contributed by atoms with E-state index < -0.39 is 62.3 Å². The monoisotopic (exact) mass is 458 g/mol. The van der Waals surface area contributed by atoms with E-state index in [1.165, 1.54) is 4.90 Å². The average molecular weight is 458 g/mol. The van der Waals surface area contributed by atoms with Crippen LogP contribution in [-0.4, -0.2) is 103 Å². The van der Waals surface area contributed by atoms with Crippen molar-refractivity contribution >= 4 is 29.5 Å². The van der Waals surface area contributed by atoms with Crippen molar-refractivity contribution in [1.29, 1.82) is 0 Å². The van der Waals surface area contributed by atoms with Crippen molar-refractivity contribution in [2.75, 3.05) is 58.9 Å². The fourth-order valence-electron chi connectivity index (χ4n) is 2.36. The third kappa shape index (κ3) is 12.7. The van der Waals surface area contributed by atoms with Crippen molar-refractivity contribution in [3.8, 4) is 0 Å². The third-order valence-electron chi connectivity index (χ3n) is 3.77. The predicted molar refractivity (Wildman–Crippen MR) is 103 cm³/mol. The molecule has 0 aromatic rings. The summed E-state index contributed by atoms with van der Waals surface area (Å²) in [6, 6.07) is 0. The molecule has 0 aliphatic carbocycles. The molecule has 0 aromatic heterocycles. The minimum atomic E-state index is -1.15. The molecule has 32 heavy (non-hydrogen) atoms. The van der Waals surface area contributed by atoms with Gasteiger partial charge in [0.15, 0.2) is 0 Å². The zero-order valence-electron chi connectivity index (χ0n) is 16.5. The molecule has 18 heteroatoms. The lowest BCUT2D eigenvalue weighted by atomic mass is 10.3. The van der Waals surface area contributed by atoms with E-state index in [0.29, 0.717) is 0 Å². The summed E-state index contributed by atoms with van der Waals surface area (Å²) in [5.74, 6) is -5.69. The summed E-state index contributed by atoms with van der Waals surface area (Å²) >= 11 is 0. The SMILES string of the molecule is O=NC(=O)CN(CCN(CC(=O)N=O)CC(=O)N=O)CCN(CC(=O)N=O)CC(=O)N=O. The summed E-state index contributed by atoms with van der Waals surface area (Å²) in [7, 11) is 0. The average Bonchev–Trinajstić information content (AvgIpc) is 2.79. The van der Waals surface area contributed by atoms with Crippen LogP contribution >= 0.6 is 0 Å². The van der Waals surface area contributed by atoms with Gasteiger partial charge < -0.3 is 0 Å². The van der Waals surface area contributed by atoms with Crippen molar-refractivity contribution < 1.29 is 24.0 Å². The maximum atomic E-state index is 11.4. The van der Waals surface area contributed by atoms with Gasteiger partial charge in [-0.3, -0.25) is 38.7 Å². The number of nitrogens with zero attached hydrogens (tertiary/aromatic N) is 8. The van der Waals surface area contributed by atoms with Gasteiger partial charge in [-0.2, -0.15) is 0 Å². The smallest absolute Gasteiger partial charge is 0.292 e. The molecule has 0 fully saturated rings. The van der Waals surface area contributed by atoms with Crippen LogP contribution in [0.15, 0.2) is 25.9 Å². The van der Waals surface area contributed by atoms with Gasteiger partial charge in [0.05, 0.1) is 32.7 Å². The zero-order valence-corrected chi connectivity index (χ0v) is 16.5. The number of amides is 5. The summed E-state index contributed by atoms with van der Waals surface area (Å²) < 4.78 is 0. The van der Waals surface area contributed by atoms with E-state index in [2.05, 4.69) is 25.9 Å². The van der Waals surface area contributed by atoms with Gasteiger partial charge in [-0.1, -0.05) is 0 Å². The highest BCUT2D eigenvalue weighted by atomic mass is 16.3. The first-order chi connectivity index (χ1) is 15.2. The quantitative estimate of drug-likeness (QED) is 0.236. The largest absolute Gasteiger partial charge is 0.300 e. The van der Waals surface area contributed by atoms with Crippen molar-refractivity contribution in [2.24, 2.45) is 25.9 Å². The fourth-order valence-corrected chi connectivity index (χ4v) is 2.36. The lowest BCUT2D eigenvalue weighted by Gasteiger charge is -2.27. The normalized spacial score (nSPS) is 10.6. The summed E-state index contributed by atoms with van der Waals surface area (Å²) in [6.45, 7) is -3.72. The second kappa shape index (κ2) is 16.0. The number of carbonyl (C=O) groups is 5. The molecule has 18 nitrogen and oxygen atoms in total. The second-order valence-electron chi connectivity index (χ2n) is 6.12. The molecule has 0 aliphatic rings. The number of carbonyl (C=O) groups excluding carboxylic acids is 5. The Labute approximate surface area is 178 Å². The van der Waals surface area contributed by atoms with Gasteiger partial charge in [0, 0.05) is 52.1 Å². The molecule has 0 rings (SSSR count).